The van der Waals surface area contributed by atoms with Gasteiger partial charge < -0.3 is 0 Å². The Morgan fingerprint density at radius 3 is 1.93 bits per heavy atom. The van der Waals surface area contributed by atoms with Crippen LogP contribution in [0.15, 0.2) is 77.7 Å². The van der Waals surface area contributed by atoms with Crippen LogP contribution in [-0.4, -0.2) is 16.7 Å². The smallest absolute Gasteiger partial charge is 0.261 e. The summed E-state index contributed by atoms with van der Waals surface area (Å²) >= 11 is 1.59. The van der Waals surface area contributed by atoms with Crippen LogP contribution in [0.3, 0.4) is 0 Å². The molecule has 134 valence electrons. The molecule has 5 heteroatoms. The van der Waals surface area contributed by atoms with Crippen molar-refractivity contribution in [3.05, 3.63) is 101 Å². The number of halogens is 1. The molecule has 0 saturated heterocycles. The Kier molecular flexibility index (Phi) is 4.77. The zero-order valence-corrected chi connectivity index (χ0v) is 15.2. The third kappa shape index (κ3) is 3.51. The van der Waals surface area contributed by atoms with Crippen molar-refractivity contribution >= 4 is 23.6 Å². The lowest BCUT2D eigenvalue weighted by Crippen LogP contribution is -2.29. The van der Waals surface area contributed by atoms with E-state index in [4.69, 9.17) is 0 Å². The number of thioether (sulfide) groups is 1. The van der Waals surface area contributed by atoms with Gasteiger partial charge in [0.25, 0.3) is 11.8 Å². The number of carbonyl (C=O) groups is 2. The van der Waals surface area contributed by atoms with E-state index < -0.39 is 0 Å². The number of rotatable bonds is 5. The Bertz CT molecular complexity index is 982. The van der Waals surface area contributed by atoms with E-state index in [9.17, 15) is 14.0 Å². The van der Waals surface area contributed by atoms with Crippen LogP contribution in [-0.2, 0) is 12.3 Å². The van der Waals surface area contributed by atoms with Crippen molar-refractivity contribution in [3.8, 4) is 0 Å². The predicted molar refractivity (Wildman–Crippen MR) is 103 cm³/mol. The molecule has 1 aliphatic heterocycles. The Morgan fingerprint density at radius 1 is 0.741 bits per heavy atom. The van der Waals surface area contributed by atoms with Crippen LogP contribution in [0.2, 0.25) is 0 Å². The molecule has 4 rings (SSSR count). The fraction of sp³-hybridized carbons (Fsp3) is 0.0909. The quantitative estimate of drug-likeness (QED) is 0.468. The molecule has 0 saturated carbocycles. The summed E-state index contributed by atoms with van der Waals surface area (Å²) in [5, 5.41) is 0. The molecule has 3 aromatic rings. The van der Waals surface area contributed by atoms with Gasteiger partial charge in [0, 0.05) is 10.6 Å². The molecule has 27 heavy (non-hydrogen) atoms. The first kappa shape index (κ1) is 17.5. The van der Waals surface area contributed by atoms with Gasteiger partial charge in [0.05, 0.1) is 17.7 Å². The van der Waals surface area contributed by atoms with Gasteiger partial charge >= 0.3 is 0 Å². The molecule has 1 heterocycles. The minimum atomic E-state index is -0.259. The molecule has 0 spiro atoms. The summed E-state index contributed by atoms with van der Waals surface area (Å²) < 4.78 is 13.0. The van der Waals surface area contributed by atoms with E-state index in [1.165, 1.54) is 17.0 Å². The first-order chi connectivity index (χ1) is 13.1. The second-order valence-corrected chi connectivity index (χ2v) is 7.30. The number of hydrogen-bond donors (Lipinski definition) is 0. The highest BCUT2D eigenvalue weighted by molar-refractivity contribution is 7.98. The molecular formula is C22H16FNO2S. The van der Waals surface area contributed by atoms with E-state index in [-0.39, 0.29) is 24.2 Å². The first-order valence-electron chi connectivity index (χ1n) is 8.54. The van der Waals surface area contributed by atoms with Crippen molar-refractivity contribution in [2.45, 2.75) is 17.2 Å². The monoisotopic (exact) mass is 377 g/mol. The molecular weight excluding hydrogens is 361 g/mol. The molecule has 0 radical (unpaired) electrons. The molecule has 3 aromatic carbocycles. The standard InChI is InChI=1S/C22H16FNO2S/c23-17-9-11-18(12-10-17)27-14-16-6-2-1-5-15(16)13-24-21(25)19-7-3-4-8-20(19)22(24)26/h1-12H,13-14H2. The highest BCUT2D eigenvalue weighted by Crippen LogP contribution is 2.28. The van der Waals surface area contributed by atoms with Gasteiger partial charge in [0.1, 0.15) is 5.82 Å². The van der Waals surface area contributed by atoms with Crippen molar-refractivity contribution in [1.82, 2.24) is 4.90 Å². The Hall–Kier alpha value is -2.92. The molecule has 0 aliphatic carbocycles. The zero-order valence-electron chi connectivity index (χ0n) is 14.4. The number of carbonyl (C=O) groups excluding carboxylic acids is 2. The molecule has 3 nitrogen and oxygen atoms in total. The summed E-state index contributed by atoms with van der Waals surface area (Å²) in [6.45, 7) is 0.243. The number of hydrogen-bond acceptors (Lipinski definition) is 3. The van der Waals surface area contributed by atoms with Gasteiger partial charge in [-0.3, -0.25) is 14.5 Å². The molecule has 0 unspecified atom stereocenters. The van der Waals surface area contributed by atoms with E-state index >= 15 is 0 Å². The van der Waals surface area contributed by atoms with Crippen LogP contribution in [0.4, 0.5) is 4.39 Å². The van der Waals surface area contributed by atoms with Gasteiger partial charge in [-0.25, -0.2) is 4.39 Å². The molecule has 2 amide bonds. The minimum absolute atomic E-state index is 0.243. The lowest BCUT2D eigenvalue weighted by molar-refractivity contribution is 0.0642. The lowest BCUT2D eigenvalue weighted by atomic mass is 10.1. The van der Waals surface area contributed by atoms with Gasteiger partial charge in [0.15, 0.2) is 0 Å². The maximum atomic E-state index is 13.0. The van der Waals surface area contributed by atoms with Gasteiger partial charge in [0.2, 0.25) is 0 Å². The predicted octanol–water partition coefficient (Wildman–Crippen LogP) is 4.91. The summed E-state index contributed by atoms with van der Waals surface area (Å²) in [5.74, 6) is -0.0936. The van der Waals surface area contributed by atoms with Crippen molar-refractivity contribution in [3.63, 3.8) is 0 Å². The van der Waals surface area contributed by atoms with E-state index in [2.05, 4.69) is 0 Å². The van der Waals surface area contributed by atoms with E-state index in [1.807, 2.05) is 24.3 Å². The SMILES string of the molecule is O=C1c2ccccc2C(=O)N1Cc1ccccc1CSc1ccc(F)cc1. The minimum Gasteiger partial charge on any atom is -0.270 e. The average molecular weight is 377 g/mol. The van der Waals surface area contributed by atoms with Crippen molar-refractivity contribution in [2.24, 2.45) is 0 Å². The number of fused-ring (bicyclic) bond motifs is 1. The van der Waals surface area contributed by atoms with Crippen molar-refractivity contribution in [1.29, 1.82) is 0 Å². The maximum Gasteiger partial charge on any atom is 0.261 e. The molecule has 0 atom stereocenters. The normalized spacial score (nSPS) is 13.1. The van der Waals surface area contributed by atoms with Crippen LogP contribution in [0.5, 0.6) is 0 Å². The van der Waals surface area contributed by atoms with E-state index in [0.29, 0.717) is 16.9 Å². The second-order valence-electron chi connectivity index (χ2n) is 6.25. The van der Waals surface area contributed by atoms with Crippen LogP contribution < -0.4 is 0 Å². The highest BCUT2D eigenvalue weighted by atomic mass is 32.2. The van der Waals surface area contributed by atoms with Gasteiger partial charge in [-0.15, -0.1) is 11.8 Å². The molecule has 0 aromatic heterocycles. The number of amides is 2. The third-order valence-corrected chi connectivity index (χ3v) is 5.59. The number of nitrogens with zero attached hydrogens (tertiary/aromatic N) is 1. The third-order valence-electron chi connectivity index (χ3n) is 4.53. The van der Waals surface area contributed by atoms with Crippen LogP contribution in [0, 0.1) is 5.82 Å². The van der Waals surface area contributed by atoms with Crippen LogP contribution >= 0.6 is 11.8 Å². The van der Waals surface area contributed by atoms with Crippen molar-refractivity contribution in [2.75, 3.05) is 0 Å². The summed E-state index contributed by atoms with van der Waals surface area (Å²) in [4.78, 5) is 27.5. The Morgan fingerprint density at radius 2 is 1.30 bits per heavy atom. The lowest BCUT2D eigenvalue weighted by Gasteiger charge is -2.16. The summed E-state index contributed by atoms with van der Waals surface area (Å²) in [6.07, 6.45) is 0. The van der Waals surface area contributed by atoms with Gasteiger partial charge in [-0.2, -0.15) is 0 Å². The second kappa shape index (κ2) is 7.37. The van der Waals surface area contributed by atoms with E-state index in [1.54, 1.807) is 48.2 Å². The van der Waals surface area contributed by atoms with Gasteiger partial charge in [-0.05, 0) is 47.5 Å². The molecule has 1 aliphatic rings. The average Bonchev–Trinajstić information content (AvgIpc) is 2.94. The fourth-order valence-corrected chi connectivity index (χ4v) is 4.03. The summed E-state index contributed by atoms with van der Waals surface area (Å²) in [6, 6.07) is 21.0. The fourth-order valence-electron chi connectivity index (χ4n) is 3.10. The Balaban J connectivity index is 1.53. The van der Waals surface area contributed by atoms with Gasteiger partial charge in [-0.1, -0.05) is 36.4 Å². The topological polar surface area (TPSA) is 37.4 Å². The molecule has 0 bridgehead atoms. The Labute approximate surface area is 160 Å². The summed E-state index contributed by atoms with van der Waals surface area (Å²) in [5.41, 5.74) is 2.89. The first-order valence-corrected chi connectivity index (χ1v) is 9.52. The summed E-state index contributed by atoms with van der Waals surface area (Å²) in [7, 11) is 0. The zero-order chi connectivity index (χ0) is 18.8. The van der Waals surface area contributed by atoms with E-state index in [0.717, 1.165) is 16.0 Å². The highest BCUT2D eigenvalue weighted by Gasteiger charge is 2.35. The van der Waals surface area contributed by atoms with Crippen molar-refractivity contribution < 1.29 is 14.0 Å². The molecule has 0 fully saturated rings. The largest absolute Gasteiger partial charge is 0.270 e. The number of imide groups is 1. The number of benzene rings is 3. The van der Waals surface area contributed by atoms with Crippen LogP contribution in [0.25, 0.3) is 0 Å². The molecule has 0 N–H and O–H groups in total. The maximum absolute atomic E-state index is 13.0. The van der Waals surface area contributed by atoms with Crippen LogP contribution in [0.1, 0.15) is 31.8 Å².